The summed E-state index contributed by atoms with van der Waals surface area (Å²) in [5.74, 6) is 3.87. The minimum atomic E-state index is -0.360. The average Bonchev–Trinajstić information content (AvgIpc) is 2.26. The van der Waals surface area contributed by atoms with Crippen LogP contribution in [0.25, 0.3) is 0 Å². The van der Waals surface area contributed by atoms with E-state index < -0.39 is 0 Å². The van der Waals surface area contributed by atoms with E-state index in [1.54, 1.807) is 0 Å². The summed E-state index contributed by atoms with van der Waals surface area (Å²) in [7, 11) is 0. The van der Waals surface area contributed by atoms with Crippen molar-refractivity contribution < 1.29 is 14.6 Å². The normalized spacial score (nSPS) is 66.6. The highest BCUT2D eigenvalue weighted by molar-refractivity contribution is 5.88. The molecule has 0 heterocycles. The maximum Gasteiger partial charge on any atom is 0.313 e. The summed E-state index contributed by atoms with van der Waals surface area (Å²) in [4.78, 5) is 12.4. The molecule has 0 aliphatic heterocycles. The van der Waals surface area contributed by atoms with Crippen molar-refractivity contribution in [1.82, 2.24) is 0 Å². The highest BCUT2D eigenvalue weighted by Gasteiger charge is 3.11. The van der Waals surface area contributed by atoms with Gasteiger partial charge in [-0.15, -0.1) is 0 Å². The van der Waals surface area contributed by atoms with Crippen molar-refractivity contribution in [2.75, 3.05) is 6.61 Å². The molecule has 0 bridgehead atoms. The highest BCUT2D eigenvalue weighted by atomic mass is 16.6. The number of aliphatic hydroxyl groups is 1. The Morgan fingerprint density at radius 3 is 1.94 bits per heavy atom. The molecule has 0 amide bonds. The van der Waals surface area contributed by atoms with Gasteiger partial charge in [-0.2, -0.15) is 0 Å². The van der Waals surface area contributed by atoms with Crippen molar-refractivity contribution in [2.24, 2.45) is 46.3 Å². The van der Waals surface area contributed by atoms with Gasteiger partial charge < -0.3 is 9.84 Å². The van der Waals surface area contributed by atoms with Gasteiger partial charge in [0.15, 0.2) is 0 Å². The summed E-state index contributed by atoms with van der Waals surface area (Å²) in [5, 5.41) is 9.51. The Kier molecular flexibility index (Phi) is 1.08. The summed E-state index contributed by atoms with van der Waals surface area (Å²) in [5.41, 5.74) is -0.130. The van der Waals surface area contributed by atoms with Gasteiger partial charge >= 0.3 is 5.97 Å². The minimum Gasteiger partial charge on any atom is -0.460 e. The maximum absolute atomic E-state index is 12.4. The fraction of sp³-hybridized carbons (Fsp3) is 0.929. The van der Waals surface area contributed by atoms with Crippen molar-refractivity contribution in [3.05, 3.63) is 0 Å². The third kappa shape index (κ3) is 0.516. The standard InChI is InChI=1S/C14H18O3/c1-12(2,3)17-11(16)14-8-5-9(14)7-10(14)6(8)13(5,7)4-15/h5-10,15H,4H2,1-3H3. The first-order chi connectivity index (χ1) is 7.92. The Hall–Kier alpha value is -0.570. The van der Waals surface area contributed by atoms with E-state index in [0.717, 1.165) is 0 Å². The third-order valence-electron chi connectivity index (χ3n) is 6.86. The molecule has 0 spiro atoms. The van der Waals surface area contributed by atoms with Crippen molar-refractivity contribution in [3.63, 3.8) is 0 Å². The largest absolute Gasteiger partial charge is 0.460 e. The van der Waals surface area contributed by atoms with E-state index in [-0.39, 0.29) is 17.0 Å². The van der Waals surface area contributed by atoms with Gasteiger partial charge in [0.05, 0.1) is 5.41 Å². The molecule has 0 unspecified atom stereocenters. The molecule has 1 N–H and O–H groups in total. The topological polar surface area (TPSA) is 46.5 Å². The maximum atomic E-state index is 12.4. The Morgan fingerprint density at radius 1 is 1.12 bits per heavy atom. The first kappa shape index (κ1) is 9.37. The molecule has 0 aromatic carbocycles. The van der Waals surface area contributed by atoms with Crippen LogP contribution in [-0.2, 0) is 9.53 Å². The summed E-state index contributed by atoms with van der Waals surface area (Å²) in [6.07, 6.45) is 0. The van der Waals surface area contributed by atoms with E-state index in [9.17, 15) is 9.90 Å². The zero-order valence-electron chi connectivity index (χ0n) is 10.4. The lowest BCUT2D eigenvalue weighted by Crippen LogP contribution is -3.11. The van der Waals surface area contributed by atoms with E-state index in [1.165, 1.54) is 0 Å². The third-order valence-corrected chi connectivity index (χ3v) is 6.86. The zero-order valence-corrected chi connectivity index (χ0v) is 10.4. The average molecular weight is 234 g/mol. The molecule has 0 radical (unpaired) electrons. The van der Waals surface area contributed by atoms with Gasteiger partial charge in [0.2, 0.25) is 0 Å². The smallest absolute Gasteiger partial charge is 0.313 e. The Bertz CT molecular complexity index is 419. The van der Waals surface area contributed by atoms with E-state index in [2.05, 4.69) is 0 Å². The molecule has 0 aromatic heterocycles. The fourth-order valence-corrected chi connectivity index (χ4v) is 6.84. The van der Waals surface area contributed by atoms with Gasteiger partial charge in [-0.05, 0) is 56.3 Å². The number of hydrogen-bond donors (Lipinski definition) is 1. The van der Waals surface area contributed by atoms with E-state index in [0.29, 0.717) is 47.5 Å². The van der Waals surface area contributed by atoms with Crippen LogP contribution in [0.4, 0.5) is 0 Å². The second-order valence-corrected chi connectivity index (χ2v) is 7.86. The van der Waals surface area contributed by atoms with Crippen LogP contribution in [0.15, 0.2) is 0 Å². The van der Waals surface area contributed by atoms with E-state index in [4.69, 9.17) is 4.74 Å². The number of esters is 1. The molecule has 17 heavy (non-hydrogen) atoms. The lowest BCUT2D eigenvalue weighted by Gasteiger charge is -3.10. The van der Waals surface area contributed by atoms with Crippen LogP contribution in [0.2, 0.25) is 0 Å². The highest BCUT2D eigenvalue weighted by Crippen LogP contribution is 3.10. The van der Waals surface area contributed by atoms with Gasteiger partial charge in [-0.3, -0.25) is 4.79 Å². The van der Waals surface area contributed by atoms with Crippen LogP contribution in [0.5, 0.6) is 0 Å². The number of hydrogen-bond acceptors (Lipinski definition) is 3. The van der Waals surface area contributed by atoms with Gasteiger partial charge in [-0.25, -0.2) is 0 Å². The Labute approximate surface area is 101 Å². The SMILES string of the molecule is CC(C)(C)OC(=O)C12C3C4C1C1C2C3C41CO. The lowest BCUT2D eigenvalue weighted by atomic mass is 8.92. The monoisotopic (exact) mass is 234 g/mol. The zero-order chi connectivity index (χ0) is 12.0. The Morgan fingerprint density at radius 2 is 1.59 bits per heavy atom. The molecular weight excluding hydrogens is 216 g/mol. The second kappa shape index (κ2) is 1.97. The lowest BCUT2D eigenvalue weighted by molar-refractivity contribution is -0.646. The minimum absolute atomic E-state index is 0.0653. The number of carbonyl (C=O) groups is 1. The molecule has 6 rings (SSSR count). The molecular formula is C14H18O3. The van der Waals surface area contributed by atoms with Crippen LogP contribution in [-0.4, -0.2) is 23.3 Å². The summed E-state index contributed by atoms with van der Waals surface area (Å²) >= 11 is 0. The molecule has 0 aromatic rings. The Balaban J connectivity index is 1.44. The molecule has 6 fully saturated rings. The van der Waals surface area contributed by atoms with Crippen LogP contribution in [0.3, 0.4) is 0 Å². The van der Waals surface area contributed by atoms with Crippen molar-refractivity contribution >= 4 is 5.97 Å². The first-order valence-corrected chi connectivity index (χ1v) is 6.76. The molecule has 92 valence electrons. The summed E-state index contributed by atoms with van der Waals surface area (Å²) in [6, 6.07) is 0. The van der Waals surface area contributed by atoms with Gasteiger partial charge in [-0.1, -0.05) is 0 Å². The van der Waals surface area contributed by atoms with Crippen LogP contribution in [0.1, 0.15) is 20.8 Å². The van der Waals surface area contributed by atoms with Gasteiger partial charge in [0.1, 0.15) is 5.60 Å². The number of aliphatic hydroxyl groups excluding tert-OH is 1. The molecule has 6 aliphatic carbocycles. The molecule has 0 atom stereocenters. The van der Waals surface area contributed by atoms with E-state index in [1.807, 2.05) is 20.8 Å². The van der Waals surface area contributed by atoms with Crippen LogP contribution >= 0.6 is 0 Å². The van der Waals surface area contributed by atoms with Crippen molar-refractivity contribution in [2.45, 2.75) is 26.4 Å². The summed E-state index contributed by atoms with van der Waals surface area (Å²) < 4.78 is 5.61. The fourth-order valence-electron chi connectivity index (χ4n) is 6.84. The first-order valence-electron chi connectivity index (χ1n) is 6.76. The van der Waals surface area contributed by atoms with Crippen LogP contribution in [0, 0.1) is 46.3 Å². The molecule has 6 aliphatic rings. The van der Waals surface area contributed by atoms with E-state index >= 15 is 0 Å². The number of carbonyl (C=O) groups excluding carboxylic acids is 1. The number of rotatable bonds is 2. The summed E-state index contributed by atoms with van der Waals surface area (Å²) in [6.45, 7) is 6.20. The molecule has 3 heteroatoms. The van der Waals surface area contributed by atoms with Crippen molar-refractivity contribution in [3.8, 4) is 0 Å². The second-order valence-electron chi connectivity index (χ2n) is 7.86. The number of ether oxygens (including phenoxy) is 1. The predicted molar refractivity (Wildman–Crippen MR) is 58.7 cm³/mol. The van der Waals surface area contributed by atoms with Crippen molar-refractivity contribution in [1.29, 1.82) is 0 Å². The van der Waals surface area contributed by atoms with Gasteiger partial charge in [0.25, 0.3) is 0 Å². The predicted octanol–water partition coefficient (Wildman–Crippen LogP) is 1.06. The molecule has 0 saturated heterocycles. The van der Waals surface area contributed by atoms with Crippen LogP contribution < -0.4 is 0 Å². The van der Waals surface area contributed by atoms with Gasteiger partial charge in [0, 0.05) is 12.0 Å². The molecule has 3 nitrogen and oxygen atoms in total. The molecule has 6 saturated carbocycles. The quantitative estimate of drug-likeness (QED) is 0.727.